The highest BCUT2D eigenvalue weighted by atomic mass is 35.5. The summed E-state index contributed by atoms with van der Waals surface area (Å²) in [6.07, 6.45) is 1.92. The van der Waals surface area contributed by atoms with Crippen LogP contribution in [0, 0.1) is 0 Å². The van der Waals surface area contributed by atoms with E-state index in [0.29, 0.717) is 5.02 Å². The number of fused-ring (bicyclic) bond motifs is 1. The molecule has 0 aliphatic heterocycles. The summed E-state index contributed by atoms with van der Waals surface area (Å²) in [5, 5.41) is 15.6. The minimum absolute atomic E-state index is 0.119. The second-order valence-electron chi connectivity index (χ2n) is 5.86. The van der Waals surface area contributed by atoms with Gasteiger partial charge in [-0.3, -0.25) is 4.68 Å². The van der Waals surface area contributed by atoms with Gasteiger partial charge >= 0.3 is 0 Å². The molecule has 1 aliphatic rings. The normalized spacial score (nSPS) is 18.4. The molecule has 1 N–H and O–H groups in total. The van der Waals surface area contributed by atoms with Gasteiger partial charge < -0.3 is 10.0 Å². The number of nitrogens with zero attached hydrogens (tertiary/aromatic N) is 3. The zero-order valence-corrected chi connectivity index (χ0v) is 13.1. The van der Waals surface area contributed by atoms with Gasteiger partial charge in [0.25, 0.3) is 0 Å². The molecule has 1 aromatic heterocycles. The zero-order chi connectivity index (χ0) is 15.0. The summed E-state index contributed by atoms with van der Waals surface area (Å²) in [5.41, 5.74) is 3.27. The molecular formula is C16H20ClN3O. The van der Waals surface area contributed by atoms with Crippen molar-refractivity contribution in [2.24, 2.45) is 0 Å². The van der Waals surface area contributed by atoms with Crippen LogP contribution in [0.1, 0.15) is 28.8 Å². The number of likely N-dealkylation sites (N-methyl/N-ethyl adjacent to an activating group) is 1. The third kappa shape index (κ3) is 2.71. The summed E-state index contributed by atoms with van der Waals surface area (Å²) in [6.45, 7) is 1.58. The third-order valence-electron chi connectivity index (χ3n) is 4.15. The summed E-state index contributed by atoms with van der Waals surface area (Å²) < 4.78 is 1.83. The van der Waals surface area contributed by atoms with E-state index in [9.17, 15) is 5.11 Å². The quantitative estimate of drug-likeness (QED) is 0.922. The first-order valence-corrected chi connectivity index (χ1v) is 7.57. The van der Waals surface area contributed by atoms with Crippen LogP contribution in [-0.2, 0) is 13.0 Å². The predicted molar refractivity (Wildman–Crippen MR) is 83.6 cm³/mol. The molecule has 2 atom stereocenters. The van der Waals surface area contributed by atoms with Gasteiger partial charge in [0.15, 0.2) is 0 Å². The van der Waals surface area contributed by atoms with Crippen molar-refractivity contribution < 1.29 is 5.11 Å². The molecule has 0 spiro atoms. The van der Waals surface area contributed by atoms with E-state index in [1.165, 1.54) is 11.1 Å². The number of aromatic nitrogens is 2. The third-order valence-corrected chi connectivity index (χ3v) is 4.44. The van der Waals surface area contributed by atoms with Crippen LogP contribution in [0.5, 0.6) is 0 Å². The van der Waals surface area contributed by atoms with Gasteiger partial charge in [0.1, 0.15) is 6.10 Å². The lowest BCUT2D eigenvalue weighted by molar-refractivity contribution is 0.124. The summed E-state index contributed by atoms with van der Waals surface area (Å²) in [6, 6.07) is 8.25. The molecule has 2 unspecified atom stereocenters. The van der Waals surface area contributed by atoms with Gasteiger partial charge in [-0.1, -0.05) is 35.9 Å². The standard InChI is InChI=1S/C16H20ClN3O/c1-19(2)7-8-20-15(14(17)10-18-20)16(21)13-9-11-5-3-4-6-12(11)13/h3-6,10,13,16,21H,7-9H2,1-2H3. The van der Waals surface area contributed by atoms with Crippen LogP contribution in [0.2, 0.25) is 5.02 Å². The number of rotatable bonds is 5. The van der Waals surface area contributed by atoms with Crippen LogP contribution in [0.15, 0.2) is 30.5 Å². The first-order valence-electron chi connectivity index (χ1n) is 7.19. The topological polar surface area (TPSA) is 41.3 Å². The van der Waals surface area contributed by atoms with Crippen LogP contribution in [0.25, 0.3) is 0 Å². The molecule has 5 heteroatoms. The molecule has 0 amide bonds. The number of benzene rings is 1. The van der Waals surface area contributed by atoms with Crippen molar-refractivity contribution in [2.45, 2.75) is 25.0 Å². The highest BCUT2D eigenvalue weighted by molar-refractivity contribution is 6.31. The molecule has 112 valence electrons. The molecule has 3 rings (SSSR count). The number of aliphatic hydroxyl groups is 1. The van der Waals surface area contributed by atoms with Gasteiger partial charge in [0, 0.05) is 12.5 Å². The Balaban J connectivity index is 1.82. The van der Waals surface area contributed by atoms with Crippen LogP contribution in [-0.4, -0.2) is 40.4 Å². The highest BCUT2D eigenvalue weighted by Gasteiger charge is 2.35. The van der Waals surface area contributed by atoms with Crippen molar-refractivity contribution in [3.8, 4) is 0 Å². The van der Waals surface area contributed by atoms with Gasteiger partial charge in [0.05, 0.1) is 23.5 Å². The lowest BCUT2D eigenvalue weighted by Gasteiger charge is -2.34. The lowest BCUT2D eigenvalue weighted by Crippen LogP contribution is -2.27. The van der Waals surface area contributed by atoms with Crippen LogP contribution in [0.4, 0.5) is 0 Å². The zero-order valence-electron chi connectivity index (χ0n) is 12.3. The summed E-state index contributed by atoms with van der Waals surface area (Å²) in [4.78, 5) is 2.09. The minimum Gasteiger partial charge on any atom is -0.386 e. The first kappa shape index (κ1) is 14.6. The Morgan fingerprint density at radius 2 is 2.19 bits per heavy atom. The SMILES string of the molecule is CN(C)CCn1ncc(Cl)c1C(O)C1Cc2ccccc21. The van der Waals surface area contributed by atoms with Gasteiger partial charge in [-0.2, -0.15) is 5.10 Å². The Morgan fingerprint density at radius 1 is 1.43 bits per heavy atom. The second-order valence-corrected chi connectivity index (χ2v) is 6.27. The predicted octanol–water partition coefficient (Wildman–Crippen LogP) is 2.47. The van der Waals surface area contributed by atoms with E-state index >= 15 is 0 Å². The Kier molecular flexibility index (Phi) is 4.02. The molecular weight excluding hydrogens is 286 g/mol. The molecule has 0 saturated carbocycles. The maximum Gasteiger partial charge on any atom is 0.104 e. The molecule has 1 aromatic carbocycles. The fourth-order valence-corrected chi connectivity index (χ4v) is 3.16. The van der Waals surface area contributed by atoms with Crippen LogP contribution in [0.3, 0.4) is 0 Å². The average Bonchev–Trinajstić information content (AvgIpc) is 2.79. The van der Waals surface area contributed by atoms with E-state index in [-0.39, 0.29) is 5.92 Å². The summed E-state index contributed by atoms with van der Waals surface area (Å²) >= 11 is 6.25. The molecule has 0 fully saturated rings. The van der Waals surface area contributed by atoms with Crippen molar-refractivity contribution in [2.75, 3.05) is 20.6 Å². The maximum atomic E-state index is 10.7. The molecule has 2 aromatic rings. The molecule has 1 heterocycles. The van der Waals surface area contributed by atoms with Crippen LogP contribution < -0.4 is 0 Å². The van der Waals surface area contributed by atoms with Gasteiger partial charge in [0.2, 0.25) is 0 Å². The Labute approximate surface area is 130 Å². The monoisotopic (exact) mass is 305 g/mol. The van der Waals surface area contributed by atoms with Crippen LogP contribution >= 0.6 is 11.6 Å². The van der Waals surface area contributed by atoms with E-state index in [0.717, 1.165) is 25.2 Å². The Morgan fingerprint density at radius 3 is 2.90 bits per heavy atom. The number of aliphatic hydroxyl groups excluding tert-OH is 1. The van der Waals surface area contributed by atoms with Crippen molar-refractivity contribution in [3.05, 3.63) is 52.3 Å². The van der Waals surface area contributed by atoms with Gasteiger partial charge in [-0.15, -0.1) is 0 Å². The molecule has 0 radical (unpaired) electrons. The van der Waals surface area contributed by atoms with Crippen molar-refractivity contribution in [1.82, 2.24) is 14.7 Å². The Hall–Kier alpha value is -1.36. The van der Waals surface area contributed by atoms with Gasteiger partial charge in [-0.25, -0.2) is 0 Å². The van der Waals surface area contributed by atoms with Crippen molar-refractivity contribution in [3.63, 3.8) is 0 Å². The van der Waals surface area contributed by atoms with E-state index in [1.54, 1.807) is 6.20 Å². The average molecular weight is 306 g/mol. The number of halogens is 1. The highest BCUT2D eigenvalue weighted by Crippen LogP contribution is 2.44. The van der Waals surface area contributed by atoms with Crippen molar-refractivity contribution in [1.29, 1.82) is 0 Å². The fraction of sp³-hybridized carbons (Fsp3) is 0.438. The smallest absolute Gasteiger partial charge is 0.104 e. The molecule has 4 nitrogen and oxygen atoms in total. The van der Waals surface area contributed by atoms with Gasteiger partial charge in [-0.05, 0) is 31.6 Å². The first-order chi connectivity index (χ1) is 10.1. The number of hydrogen-bond acceptors (Lipinski definition) is 3. The molecule has 21 heavy (non-hydrogen) atoms. The maximum absolute atomic E-state index is 10.7. The number of hydrogen-bond donors (Lipinski definition) is 1. The summed E-state index contributed by atoms with van der Waals surface area (Å²) in [5.74, 6) is 0.119. The van der Waals surface area contributed by atoms with E-state index < -0.39 is 6.10 Å². The van der Waals surface area contributed by atoms with E-state index in [1.807, 2.05) is 30.9 Å². The Bertz CT molecular complexity index is 638. The second kappa shape index (κ2) is 5.79. The summed E-state index contributed by atoms with van der Waals surface area (Å²) in [7, 11) is 4.03. The fourth-order valence-electron chi connectivity index (χ4n) is 2.91. The molecule has 0 bridgehead atoms. The molecule has 0 saturated heterocycles. The molecule has 1 aliphatic carbocycles. The van der Waals surface area contributed by atoms with Crippen molar-refractivity contribution >= 4 is 11.6 Å². The van der Waals surface area contributed by atoms with E-state index in [2.05, 4.69) is 22.1 Å². The largest absolute Gasteiger partial charge is 0.386 e. The minimum atomic E-state index is -0.600. The lowest BCUT2D eigenvalue weighted by atomic mass is 9.74. The van der Waals surface area contributed by atoms with E-state index in [4.69, 9.17) is 11.6 Å².